The van der Waals surface area contributed by atoms with Crippen LogP contribution in [0.3, 0.4) is 0 Å². The van der Waals surface area contributed by atoms with Gasteiger partial charge in [0.15, 0.2) is 17.4 Å². The molecule has 0 spiro atoms. The summed E-state index contributed by atoms with van der Waals surface area (Å²) in [6, 6.07) is 9.04. The molecule has 1 unspecified atom stereocenters. The summed E-state index contributed by atoms with van der Waals surface area (Å²) < 4.78 is 30.3. The molecular weight excluding hydrogens is 491 g/mol. The van der Waals surface area contributed by atoms with Crippen LogP contribution in [0.4, 0.5) is 8.78 Å². The first-order chi connectivity index (χ1) is 13.5. The largest absolute Gasteiger partial charge is 0.354 e. The molecule has 0 aliphatic carbocycles. The third kappa shape index (κ3) is 5.38. The number of pyridine rings is 1. The Morgan fingerprint density at radius 2 is 1.83 bits per heavy atom. The van der Waals surface area contributed by atoms with E-state index in [-0.39, 0.29) is 36.1 Å². The molecule has 0 radical (unpaired) electrons. The molecule has 10 heteroatoms. The summed E-state index contributed by atoms with van der Waals surface area (Å²) in [5.74, 6) is 0.0795. The molecule has 3 aromatic rings. The molecule has 0 bridgehead atoms. The zero-order valence-electron chi connectivity index (χ0n) is 16.4. The van der Waals surface area contributed by atoms with Crippen LogP contribution in [0.5, 0.6) is 0 Å². The maximum absolute atomic E-state index is 14.2. The van der Waals surface area contributed by atoms with Crippen LogP contribution in [0, 0.1) is 11.6 Å². The minimum absolute atomic E-state index is 0. The number of fused-ring (bicyclic) bond motifs is 1. The van der Waals surface area contributed by atoms with Crippen molar-refractivity contribution < 1.29 is 8.78 Å². The summed E-state index contributed by atoms with van der Waals surface area (Å²) in [6.07, 6.45) is 1.88. The van der Waals surface area contributed by atoms with E-state index < -0.39 is 17.7 Å². The quantitative estimate of drug-likeness (QED) is 0.300. The standard InChI is InChI=1S/C19H23F2N7.HI/c1-22-19(24-12-17-26-25-16-9-4-5-10-28(16)17)23-11-15(27(2)3)18-13(20)7-6-8-14(18)21;/h4-10,15H,11-12H2,1-3H3,(H2,22,23,24);1H. The van der Waals surface area contributed by atoms with Crippen LogP contribution in [0.2, 0.25) is 0 Å². The fourth-order valence-electron chi connectivity index (χ4n) is 2.96. The van der Waals surface area contributed by atoms with Gasteiger partial charge in [0.25, 0.3) is 0 Å². The van der Waals surface area contributed by atoms with E-state index in [4.69, 9.17) is 0 Å². The number of halogens is 3. The predicted molar refractivity (Wildman–Crippen MR) is 119 cm³/mol. The third-order valence-electron chi connectivity index (χ3n) is 4.44. The number of likely N-dealkylation sites (N-methyl/N-ethyl adjacent to an activating group) is 1. The smallest absolute Gasteiger partial charge is 0.191 e. The van der Waals surface area contributed by atoms with Crippen molar-refractivity contribution >= 4 is 35.6 Å². The number of benzene rings is 1. The van der Waals surface area contributed by atoms with Gasteiger partial charge in [-0.25, -0.2) is 8.78 Å². The van der Waals surface area contributed by atoms with Gasteiger partial charge in [0, 0.05) is 25.4 Å². The van der Waals surface area contributed by atoms with Gasteiger partial charge in [0.2, 0.25) is 0 Å². The highest BCUT2D eigenvalue weighted by Gasteiger charge is 2.22. The Morgan fingerprint density at radius 1 is 1.10 bits per heavy atom. The number of aromatic nitrogens is 3. The minimum Gasteiger partial charge on any atom is -0.354 e. The van der Waals surface area contributed by atoms with Crippen molar-refractivity contribution in [1.29, 1.82) is 0 Å². The Hall–Kier alpha value is -2.34. The Bertz CT molecular complexity index is 954. The zero-order valence-corrected chi connectivity index (χ0v) is 18.8. The molecule has 0 amide bonds. The Kier molecular flexibility index (Phi) is 8.26. The summed E-state index contributed by atoms with van der Waals surface area (Å²) in [7, 11) is 5.18. The first kappa shape index (κ1) is 22.9. The summed E-state index contributed by atoms with van der Waals surface area (Å²) >= 11 is 0. The molecule has 2 N–H and O–H groups in total. The van der Waals surface area contributed by atoms with Gasteiger partial charge in [-0.2, -0.15) is 0 Å². The number of hydrogen-bond acceptors (Lipinski definition) is 4. The predicted octanol–water partition coefficient (Wildman–Crippen LogP) is 2.59. The van der Waals surface area contributed by atoms with Crippen LogP contribution < -0.4 is 10.6 Å². The zero-order chi connectivity index (χ0) is 20.1. The van der Waals surface area contributed by atoms with E-state index in [1.807, 2.05) is 28.8 Å². The second-order valence-corrected chi connectivity index (χ2v) is 6.47. The Labute approximate surface area is 185 Å². The molecule has 2 aromatic heterocycles. The Balaban J connectivity index is 0.00000300. The summed E-state index contributed by atoms with van der Waals surface area (Å²) in [6.45, 7) is 0.663. The highest BCUT2D eigenvalue weighted by molar-refractivity contribution is 14.0. The fourth-order valence-corrected chi connectivity index (χ4v) is 2.96. The summed E-state index contributed by atoms with van der Waals surface area (Å²) in [5.41, 5.74) is 0.781. The first-order valence-electron chi connectivity index (χ1n) is 8.84. The average Bonchev–Trinajstić information content (AvgIpc) is 3.09. The van der Waals surface area contributed by atoms with Crippen LogP contribution in [-0.4, -0.2) is 53.1 Å². The number of nitrogens with one attached hydrogen (secondary N) is 2. The third-order valence-corrected chi connectivity index (χ3v) is 4.44. The van der Waals surface area contributed by atoms with E-state index in [0.717, 1.165) is 11.5 Å². The monoisotopic (exact) mass is 515 g/mol. The van der Waals surface area contributed by atoms with Gasteiger partial charge >= 0.3 is 0 Å². The van der Waals surface area contributed by atoms with Crippen molar-refractivity contribution in [1.82, 2.24) is 30.1 Å². The number of guanidine groups is 1. The fraction of sp³-hybridized carbons (Fsp3) is 0.316. The van der Waals surface area contributed by atoms with Gasteiger partial charge < -0.3 is 15.5 Å². The number of nitrogens with zero attached hydrogens (tertiary/aromatic N) is 5. The molecule has 1 aromatic carbocycles. The van der Waals surface area contributed by atoms with Gasteiger partial charge in [0.1, 0.15) is 11.6 Å². The van der Waals surface area contributed by atoms with Gasteiger partial charge in [-0.3, -0.25) is 9.39 Å². The molecular formula is C19H24F2IN7. The van der Waals surface area contributed by atoms with Crippen LogP contribution in [-0.2, 0) is 6.54 Å². The van der Waals surface area contributed by atoms with Crippen LogP contribution in [0.1, 0.15) is 17.4 Å². The van der Waals surface area contributed by atoms with E-state index in [9.17, 15) is 8.78 Å². The van der Waals surface area contributed by atoms with Crippen LogP contribution >= 0.6 is 24.0 Å². The molecule has 0 saturated carbocycles. The summed E-state index contributed by atoms with van der Waals surface area (Å²) in [4.78, 5) is 5.93. The van der Waals surface area contributed by atoms with Crippen molar-refractivity contribution in [2.24, 2.45) is 4.99 Å². The van der Waals surface area contributed by atoms with Gasteiger partial charge in [-0.05, 0) is 38.4 Å². The van der Waals surface area contributed by atoms with Gasteiger partial charge in [-0.1, -0.05) is 12.1 Å². The second kappa shape index (κ2) is 10.4. The number of rotatable bonds is 6. The van der Waals surface area contributed by atoms with Crippen molar-refractivity contribution in [3.8, 4) is 0 Å². The lowest BCUT2D eigenvalue weighted by molar-refractivity contribution is 0.282. The van der Waals surface area contributed by atoms with E-state index in [2.05, 4.69) is 25.8 Å². The van der Waals surface area contributed by atoms with Gasteiger partial charge in [-0.15, -0.1) is 34.2 Å². The molecule has 0 aliphatic heterocycles. The van der Waals surface area contributed by atoms with Crippen LogP contribution in [0.15, 0.2) is 47.6 Å². The number of aliphatic imine (C=N–C) groups is 1. The van der Waals surface area contributed by atoms with Crippen LogP contribution in [0.25, 0.3) is 5.65 Å². The lowest BCUT2D eigenvalue weighted by Gasteiger charge is -2.26. The van der Waals surface area contributed by atoms with Crippen molar-refractivity contribution in [3.05, 3.63) is 65.6 Å². The van der Waals surface area contributed by atoms with E-state index in [1.165, 1.54) is 18.2 Å². The highest BCUT2D eigenvalue weighted by atomic mass is 127. The molecule has 3 rings (SSSR count). The lowest BCUT2D eigenvalue weighted by atomic mass is 10.0. The molecule has 29 heavy (non-hydrogen) atoms. The van der Waals surface area contributed by atoms with Crippen molar-refractivity contribution in [2.45, 2.75) is 12.6 Å². The lowest BCUT2D eigenvalue weighted by Crippen LogP contribution is -2.42. The summed E-state index contributed by atoms with van der Waals surface area (Å²) in [5, 5.41) is 14.5. The number of hydrogen-bond donors (Lipinski definition) is 2. The van der Waals surface area contributed by atoms with Crippen molar-refractivity contribution in [3.63, 3.8) is 0 Å². The molecule has 0 aliphatic rings. The normalized spacial score (nSPS) is 12.7. The second-order valence-electron chi connectivity index (χ2n) is 6.47. The highest BCUT2D eigenvalue weighted by Crippen LogP contribution is 2.23. The Morgan fingerprint density at radius 3 is 2.48 bits per heavy atom. The molecule has 2 heterocycles. The minimum atomic E-state index is -0.571. The SMILES string of the molecule is CN=C(NCc1nnc2ccccn12)NCC(c1c(F)cccc1F)N(C)C.I. The molecule has 156 valence electrons. The van der Waals surface area contributed by atoms with Crippen molar-refractivity contribution in [2.75, 3.05) is 27.7 Å². The maximum Gasteiger partial charge on any atom is 0.191 e. The topological polar surface area (TPSA) is 69.8 Å². The average molecular weight is 515 g/mol. The molecule has 0 fully saturated rings. The maximum atomic E-state index is 14.2. The van der Waals surface area contributed by atoms with E-state index >= 15 is 0 Å². The molecule has 1 atom stereocenters. The van der Waals surface area contributed by atoms with E-state index in [1.54, 1.807) is 26.0 Å². The first-order valence-corrected chi connectivity index (χ1v) is 8.84. The van der Waals surface area contributed by atoms with E-state index in [0.29, 0.717) is 12.5 Å². The molecule has 0 saturated heterocycles. The molecule has 7 nitrogen and oxygen atoms in total. The van der Waals surface area contributed by atoms with Gasteiger partial charge in [0.05, 0.1) is 12.6 Å².